The molecule has 1 aromatic rings. The molecule has 0 spiro atoms. The maximum Gasteiger partial charge on any atom is 0.0993 e. The van der Waals surface area contributed by atoms with Crippen molar-refractivity contribution in [1.29, 1.82) is 0 Å². The Morgan fingerprint density at radius 2 is 2.13 bits per heavy atom. The van der Waals surface area contributed by atoms with E-state index in [0.717, 1.165) is 13.1 Å². The molecule has 0 saturated heterocycles. The summed E-state index contributed by atoms with van der Waals surface area (Å²) in [6.45, 7) is 1.96. The lowest BCUT2D eigenvalue weighted by Crippen LogP contribution is -2.43. The zero-order chi connectivity index (χ0) is 10.1. The second-order valence-electron chi connectivity index (χ2n) is 3.89. The molecule has 0 fully saturated rings. The van der Waals surface area contributed by atoms with Gasteiger partial charge in [-0.05, 0) is 11.6 Å². The highest BCUT2D eigenvalue weighted by molar-refractivity contribution is 5.71. The first-order chi connectivity index (χ1) is 7.45. The number of hydrogen-bond donors (Lipinski definition) is 1. The molecule has 1 unspecified atom stereocenters. The molecule has 3 rings (SSSR count). The third-order valence-electron chi connectivity index (χ3n) is 2.94. The molecule has 1 N–H and O–H groups in total. The molecular formula is C13H14N2. The lowest BCUT2D eigenvalue weighted by Gasteiger charge is -2.32. The number of para-hydroxylation sites is 1. The van der Waals surface area contributed by atoms with Gasteiger partial charge in [0.05, 0.1) is 6.17 Å². The Hall–Kier alpha value is -1.54. The summed E-state index contributed by atoms with van der Waals surface area (Å²) in [6.07, 6.45) is 9.19. The predicted octanol–water partition coefficient (Wildman–Crippen LogP) is 2.01. The maximum atomic E-state index is 3.45. The van der Waals surface area contributed by atoms with Crippen LogP contribution in [0, 0.1) is 0 Å². The first kappa shape index (κ1) is 8.74. The Bertz CT molecular complexity index is 420. The van der Waals surface area contributed by atoms with Gasteiger partial charge in [0.15, 0.2) is 0 Å². The molecule has 1 aromatic carbocycles. The summed E-state index contributed by atoms with van der Waals surface area (Å²) < 4.78 is 0. The monoisotopic (exact) mass is 198 g/mol. The van der Waals surface area contributed by atoms with E-state index < -0.39 is 0 Å². The Morgan fingerprint density at radius 3 is 3.00 bits per heavy atom. The van der Waals surface area contributed by atoms with Crippen molar-refractivity contribution in [2.75, 3.05) is 18.0 Å². The van der Waals surface area contributed by atoms with Crippen LogP contribution >= 0.6 is 0 Å². The summed E-state index contributed by atoms with van der Waals surface area (Å²) in [6, 6.07) is 8.54. The van der Waals surface area contributed by atoms with Gasteiger partial charge in [0.2, 0.25) is 0 Å². The van der Waals surface area contributed by atoms with Crippen LogP contribution in [0.25, 0.3) is 6.08 Å². The number of nitrogens with zero attached hydrogens (tertiary/aromatic N) is 1. The standard InChI is InChI=1S/C13H14N2/c1-2-7-12-11(5-1)6-4-10-15(12)13-8-3-9-14-13/h1-8,13-14H,9-10H2. The number of hydrogen-bond acceptors (Lipinski definition) is 2. The second kappa shape index (κ2) is 3.55. The summed E-state index contributed by atoms with van der Waals surface area (Å²) >= 11 is 0. The van der Waals surface area contributed by atoms with Gasteiger partial charge in [0.1, 0.15) is 0 Å². The van der Waals surface area contributed by atoms with Crippen LogP contribution in [0.2, 0.25) is 0 Å². The van der Waals surface area contributed by atoms with Gasteiger partial charge < -0.3 is 4.90 Å². The van der Waals surface area contributed by atoms with Crippen LogP contribution in [0.15, 0.2) is 42.5 Å². The number of rotatable bonds is 1. The third-order valence-corrected chi connectivity index (χ3v) is 2.94. The van der Waals surface area contributed by atoms with E-state index in [-0.39, 0.29) is 0 Å². The second-order valence-corrected chi connectivity index (χ2v) is 3.89. The predicted molar refractivity (Wildman–Crippen MR) is 63.8 cm³/mol. The van der Waals surface area contributed by atoms with Crippen molar-refractivity contribution in [1.82, 2.24) is 5.32 Å². The van der Waals surface area contributed by atoms with Crippen molar-refractivity contribution in [3.63, 3.8) is 0 Å². The Balaban J connectivity index is 1.98. The van der Waals surface area contributed by atoms with Crippen molar-refractivity contribution in [3.05, 3.63) is 48.1 Å². The molecule has 76 valence electrons. The van der Waals surface area contributed by atoms with Gasteiger partial charge in [-0.25, -0.2) is 0 Å². The topological polar surface area (TPSA) is 15.3 Å². The van der Waals surface area contributed by atoms with Gasteiger partial charge in [-0.3, -0.25) is 5.32 Å². The SMILES string of the molecule is C1=CC(N2CC=Cc3ccccc32)NC1. The molecule has 2 aliphatic rings. The van der Waals surface area contributed by atoms with Crippen LogP contribution in [0.4, 0.5) is 5.69 Å². The minimum Gasteiger partial charge on any atom is -0.348 e. The Kier molecular flexibility index (Phi) is 2.07. The average Bonchev–Trinajstić information content (AvgIpc) is 2.82. The number of nitrogens with one attached hydrogen (secondary N) is 1. The molecular weight excluding hydrogens is 184 g/mol. The fourth-order valence-corrected chi connectivity index (χ4v) is 2.21. The van der Waals surface area contributed by atoms with E-state index in [1.54, 1.807) is 0 Å². The van der Waals surface area contributed by atoms with Crippen molar-refractivity contribution >= 4 is 11.8 Å². The van der Waals surface area contributed by atoms with E-state index in [9.17, 15) is 0 Å². The number of fused-ring (bicyclic) bond motifs is 1. The van der Waals surface area contributed by atoms with Gasteiger partial charge >= 0.3 is 0 Å². The molecule has 2 aliphatic heterocycles. The molecule has 1 atom stereocenters. The molecule has 0 amide bonds. The fourth-order valence-electron chi connectivity index (χ4n) is 2.21. The highest BCUT2D eigenvalue weighted by atomic mass is 15.3. The lowest BCUT2D eigenvalue weighted by molar-refractivity contribution is 0.634. The average molecular weight is 198 g/mol. The summed E-state index contributed by atoms with van der Waals surface area (Å²) in [7, 11) is 0. The van der Waals surface area contributed by atoms with Crippen LogP contribution in [-0.2, 0) is 0 Å². The van der Waals surface area contributed by atoms with E-state index in [1.807, 2.05) is 0 Å². The summed E-state index contributed by atoms with van der Waals surface area (Å²) in [5.74, 6) is 0. The van der Waals surface area contributed by atoms with Gasteiger partial charge in [0, 0.05) is 18.8 Å². The molecule has 0 saturated carbocycles. The van der Waals surface area contributed by atoms with E-state index in [4.69, 9.17) is 0 Å². The smallest absolute Gasteiger partial charge is 0.0993 e. The van der Waals surface area contributed by atoms with E-state index >= 15 is 0 Å². The lowest BCUT2D eigenvalue weighted by atomic mass is 10.1. The van der Waals surface area contributed by atoms with Gasteiger partial charge in [-0.1, -0.05) is 42.5 Å². The normalized spacial score (nSPS) is 23.2. The van der Waals surface area contributed by atoms with Crippen molar-refractivity contribution in [2.45, 2.75) is 6.17 Å². The number of benzene rings is 1. The maximum absolute atomic E-state index is 3.45. The summed E-state index contributed by atoms with van der Waals surface area (Å²) in [4.78, 5) is 2.39. The van der Waals surface area contributed by atoms with Gasteiger partial charge in [-0.15, -0.1) is 0 Å². The molecule has 15 heavy (non-hydrogen) atoms. The van der Waals surface area contributed by atoms with Crippen molar-refractivity contribution in [3.8, 4) is 0 Å². The molecule has 0 aromatic heterocycles. The highest BCUT2D eigenvalue weighted by Gasteiger charge is 2.20. The molecule has 2 heterocycles. The Labute approximate surface area is 89.9 Å². The zero-order valence-electron chi connectivity index (χ0n) is 8.56. The van der Waals surface area contributed by atoms with Crippen molar-refractivity contribution in [2.24, 2.45) is 0 Å². The first-order valence-corrected chi connectivity index (χ1v) is 5.37. The summed E-state index contributed by atoms with van der Waals surface area (Å²) in [5.41, 5.74) is 2.63. The molecule has 2 nitrogen and oxygen atoms in total. The van der Waals surface area contributed by atoms with Gasteiger partial charge in [-0.2, -0.15) is 0 Å². The van der Waals surface area contributed by atoms with Crippen LogP contribution in [0.3, 0.4) is 0 Å². The zero-order valence-corrected chi connectivity index (χ0v) is 8.56. The van der Waals surface area contributed by atoms with Gasteiger partial charge in [0.25, 0.3) is 0 Å². The minimum atomic E-state index is 0.358. The van der Waals surface area contributed by atoms with Crippen molar-refractivity contribution < 1.29 is 0 Å². The minimum absolute atomic E-state index is 0.358. The third kappa shape index (κ3) is 1.47. The fraction of sp³-hybridized carbons (Fsp3) is 0.231. The van der Waals surface area contributed by atoms with E-state index in [2.05, 4.69) is 58.8 Å². The van der Waals surface area contributed by atoms with Crippen LogP contribution in [-0.4, -0.2) is 19.3 Å². The Morgan fingerprint density at radius 1 is 1.20 bits per heavy atom. The number of anilines is 1. The van der Waals surface area contributed by atoms with Crippen LogP contribution in [0.1, 0.15) is 5.56 Å². The molecule has 0 aliphatic carbocycles. The molecule has 0 radical (unpaired) electrons. The molecule has 2 heteroatoms. The molecule has 0 bridgehead atoms. The van der Waals surface area contributed by atoms with Crippen LogP contribution < -0.4 is 10.2 Å². The van der Waals surface area contributed by atoms with Crippen LogP contribution in [0.5, 0.6) is 0 Å². The largest absolute Gasteiger partial charge is 0.348 e. The van der Waals surface area contributed by atoms with E-state index in [0.29, 0.717) is 6.17 Å². The highest BCUT2D eigenvalue weighted by Crippen LogP contribution is 2.27. The quantitative estimate of drug-likeness (QED) is 0.694. The van der Waals surface area contributed by atoms with E-state index in [1.165, 1.54) is 11.3 Å². The first-order valence-electron chi connectivity index (χ1n) is 5.37. The summed E-state index contributed by atoms with van der Waals surface area (Å²) in [5, 5.41) is 3.45.